The monoisotopic (exact) mass is 287 g/mol. The van der Waals surface area contributed by atoms with Gasteiger partial charge < -0.3 is 5.32 Å². The summed E-state index contributed by atoms with van der Waals surface area (Å²) >= 11 is 6.15. The van der Waals surface area contributed by atoms with Gasteiger partial charge in [0, 0.05) is 10.6 Å². The molecule has 2 rings (SSSR count). The van der Waals surface area contributed by atoms with Crippen molar-refractivity contribution >= 4 is 17.5 Å². The molecule has 2 aromatic rings. The van der Waals surface area contributed by atoms with Gasteiger partial charge in [0.05, 0.1) is 6.04 Å². The Kier molecular flexibility index (Phi) is 4.46. The number of carbonyl (C=O) groups excluding carboxylic acids is 1. The maximum absolute atomic E-state index is 12.3. The van der Waals surface area contributed by atoms with Crippen LogP contribution in [0.25, 0.3) is 0 Å². The molecule has 0 spiro atoms. The molecule has 0 aliphatic rings. The predicted octanol–water partition coefficient (Wildman–Crippen LogP) is 4.45. The standard InChI is InChI=1S/C17H18ClNO/c1-11-8-12(2)10-14(9-11)17(20)19-13(3)15-6-4-5-7-16(15)18/h4-10,13H,1-3H3,(H,19,20). The lowest BCUT2D eigenvalue weighted by atomic mass is 10.1. The van der Waals surface area contributed by atoms with Crippen LogP contribution in [0.3, 0.4) is 0 Å². The molecule has 1 atom stereocenters. The van der Waals surface area contributed by atoms with E-state index < -0.39 is 0 Å². The van der Waals surface area contributed by atoms with E-state index in [0.29, 0.717) is 10.6 Å². The van der Waals surface area contributed by atoms with Gasteiger partial charge >= 0.3 is 0 Å². The highest BCUT2D eigenvalue weighted by Gasteiger charge is 2.13. The second-order valence-corrected chi connectivity index (χ2v) is 5.50. The molecule has 0 saturated heterocycles. The highest BCUT2D eigenvalue weighted by Crippen LogP contribution is 2.22. The average molecular weight is 288 g/mol. The molecule has 0 fully saturated rings. The van der Waals surface area contributed by atoms with E-state index in [9.17, 15) is 4.79 Å². The number of amides is 1. The van der Waals surface area contributed by atoms with Crippen molar-refractivity contribution in [3.8, 4) is 0 Å². The summed E-state index contributed by atoms with van der Waals surface area (Å²) in [6, 6.07) is 13.3. The molecular weight excluding hydrogens is 270 g/mol. The number of nitrogens with one attached hydrogen (secondary N) is 1. The fourth-order valence-corrected chi connectivity index (χ4v) is 2.59. The number of halogens is 1. The van der Waals surface area contributed by atoms with Gasteiger partial charge in [0.25, 0.3) is 5.91 Å². The van der Waals surface area contributed by atoms with Crippen LogP contribution in [0.1, 0.15) is 40.0 Å². The highest BCUT2D eigenvalue weighted by atomic mass is 35.5. The Balaban J connectivity index is 2.17. The van der Waals surface area contributed by atoms with Crippen molar-refractivity contribution in [3.63, 3.8) is 0 Å². The summed E-state index contributed by atoms with van der Waals surface area (Å²) in [5.41, 5.74) is 3.77. The molecule has 0 saturated carbocycles. The first-order valence-corrected chi connectivity index (χ1v) is 6.99. The van der Waals surface area contributed by atoms with E-state index in [1.165, 1.54) is 0 Å². The van der Waals surface area contributed by atoms with Crippen LogP contribution < -0.4 is 5.32 Å². The molecule has 0 heterocycles. The van der Waals surface area contributed by atoms with Gasteiger partial charge in [0.15, 0.2) is 0 Å². The van der Waals surface area contributed by atoms with Gasteiger partial charge in [-0.05, 0) is 44.5 Å². The molecule has 0 radical (unpaired) electrons. The average Bonchev–Trinajstić information content (AvgIpc) is 2.37. The summed E-state index contributed by atoms with van der Waals surface area (Å²) < 4.78 is 0. The normalized spacial score (nSPS) is 12.0. The van der Waals surface area contributed by atoms with Crippen LogP contribution >= 0.6 is 11.6 Å². The second-order valence-electron chi connectivity index (χ2n) is 5.09. The van der Waals surface area contributed by atoms with E-state index in [-0.39, 0.29) is 11.9 Å². The lowest BCUT2D eigenvalue weighted by molar-refractivity contribution is 0.0939. The van der Waals surface area contributed by atoms with Crippen LogP contribution in [-0.4, -0.2) is 5.91 Å². The number of rotatable bonds is 3. The molecule has 0 aliphatic carbocycles. The van der Waals surface area contributed by atoms with E-state index in [0.717, 1.165) is 16.7 Å². The smallest absolute Gasteiger partial charge is 0.251 e. The zero-order valence-corrected chi connectivity index (χ0v) is 12.7. The molecule has 0 bridgehead atoms. The minimum atomic E-state index is -0.128. The molecule has 1 amide bonds. The minimum absolute atomic E-state index is 0.0794. The Morgan fingerprint density at radius 1 is 1.10 bits per heavy atom. The SMILES string of the molecule is Cc1cc(C)cc(C(=O)NC(C)c2ccccc2Cl)c1. The fraction of sp³-hybridized carbons (Fsp3) is 0.235. The summed E-state index contributed by atoms with van der Waals surface area (Å²) in [4.78, 5) is 12.3. The van der Waals surface area contributed by atoms with E-state index >= 15 is 0 Å². The molecular formula is C17H18ClNO. The third-order valence-corrected chi connectivity index (χ3v) is 3.55. The van der Waals surface area contributed by atoms with Crippen molar-refractivity contribution in [2.75, 3.05) is 0 Å². The summed E-state index contributed by atoms with van der Waals surface area (Å²) in [7, 11) is 0. The predicted molar refractivity (Wildman–Crippen MR) is 83.2 cm³/mol. The summed E-state index contributed by atoms with van der Waals surface area (Å²) in [6.07, 6.45) is 0. The maximum Gasteiger partial charge on any atom is 0.251 e. The molecule has 0 aromatic heterocycles. The van der Waals surface area contributed by atoms with E-state index in [4.69, 9.17) is 11.6 Å². The molecule has 2 aromatic carbocycles. The van der Waals surface area contributed by atoms with Gasteiger partial charge in [-0.15, -0.1) is 0 Å². The molecule has 2 nitrogen and oxygen atoms in total. The molecule has 0 aliphatic heterocycles. The Hall–Kier alpha value is -1.80. The van der Waals surface area contributed by atoms with E-state index in [1.54, 1.807) is 0 Å². The molecule has 1 unspecified atom stereocenters. The first-order valence-electron chi connectivity index (χ1n) is 6.61. The third-order valence-electron chi connectivity index (χ3n) is 3.20. The third kappa shape index (κ3) is 3.40. The summed E-state index contributed by atoms with van der Waals surface area (Å²) in [6.45, 7) is 5.91. The summed E-state index contributed by atoms with van der Waals surface area (Å²) in [5.74, 6) is -0.0794. The van der Waals surface area contributed by atoms with Crippen molar-refractivity contribution in [1.29, 1.82) is 0 Å². The van der Waals surface area contributed by atoms with Crippen LogP contribution in [-0.2, 0) is 0 Å². The Labute approximate surface area is 124 Å². The fourth-order valence-electron chi connectivity index (χ4n) is 2.29. The van der Waals surface area contributed by atoms with Crippen molar-refractivity contribution in [1.82, 2.24) is 5.32 Å². The Morgan fingerprint density at radius 3 is 2.30 bits per heavy atom. The Morgan fingerprint density at radius 2 is 1.70 bits per heavy atom. The van der Waals surface area contributed by atoms with Gasteiger partial charge in [-0.1, -0.05) is 47.0 Å². The lowest BCUT2D eigenvalue weighted by Gasteiger charge is -2.16. The first-order chi connectivity index (χ1) is 9.47. The number of hydrogen-bond donors (Lipinski definition) is 1. The number of carbonyl (C=O) groups is 1. The van der Waals surface area contributed by atoms with Gasteiger partial charge in [0.1, 0.15) is 0 Å². The minimum Gasteiger partial charge on any atom is -0.345 e. The van der Waals surface area contributed by atoms with Crippen molar-refractivity contribution < 1.29 is 4.79 Å². The van der Waals surface area contributed by atoms with Crippen LogP contribution in [0.5, 0.6) is 0 Å². The van der Waals surface area contributed by atoms with Gasteiger partial charge in [0.2, 0.25) is 0 Å². The van der Waals surface area contributed by atoms with Crippen LogP contribution in [0, 0.1) is 13.8 Å². The van der Waals surface area contributed by atoms with Gasteiger partial charge in [-0.2, -0.15) is 0 Å². The quantitative estimate of drug-likeness (QED) is 0.888. The molecule has 1 N–H and O–H groups in total. The van der Waals surface area contributed by atoms with Crippen LogP contribution in [0.15, 0.2) is 42.5 Å². The van der Waals surface area contributed by atoms with Crippen molar-refractivity contribution in [2.45, 2.75) is 26.8 Å². The van der Waals surface area contributed by atoms with Gasteiger partial charge in [-0.3, -0.25) is 4.79 Å². The topological polar surface area (TPSA) is 29.1 Å². The number of aryl methyl sites for hydroxylation is 2. The van der Waals surface area contributed by atoms with Crippen LogP contribution in [0.2, 0.25) is 5.02 Å². The lowest BCUT2D eigenvalue weighted by Crippen LogP contribution is -2.27. The number of benzene rings is 2. The summed E-state index contributed by atoms with van der Waals surface area (Å²) in [5, 5.41) is 3.65. The molecule has 3 heteroatoms. The zero-order chi connectivity index (χ0) is 14.7. The zero-order valence-electron chi connectivity index (χ0n) is 11.9. The van der Waals surface area contributed by atoms with E-state index in [1.807, 2.05) is 63.2 Å². The molecule has 104 valence electrons. The first kappa shape index (κ1) is 14.6. The van der Waals surface area contributed by atoms with Gasteiger partial charge in [-0.25, -0.2) is 0 Å². The van der Waals surface area contributed by atoms with Crippen LogP contribution in [0.4, 0.5) is 0 Å². The highest BCUT2D eigenvalue weighted by molar-refractivity contribution is 6.31. The number of hydrogen-bond acceptors (Lipinski definition) is 1. The van der Waals surface area contributed by atoms with Crippen molar-refractivity contribution in [3.05, 3.63) is 69.7 Å². The Bertz CT molecular complexity index is 616. The van der Waals surface area contributed by atoms with Crippen molar-refractivity contribution in [2.24, 2.45) is 0 Å². The van der Waals surface area contributed by atoms with E-state index in [2.05, 4.69) is 5.32 Å². The molecule has 20 heavy (non-hydrogen) atoms. The maximum atomic E-state index is 12.3. The largest absolute Gasteiger partial charge is 0.345 e. The second kappa shape index (κ2) is 6.10.